The quantitative estimate of drug-likeness (QED) is 0.880. The Morgan fingerprint density at radius 1 is 1.39 bits per heavy atom. The van der Waals surface area contributed by atoms with E-state index >= 15 is 0 Å². The smallest absolute Gasteiger partial charge is 0.242 e. The number of para-hydroxylation sites is 2. The van der Waals surface area contributed by atoms with Crippen molar-refractivity contribution in [2.45, 2.75) is 19.1 Å². The van der Waals surface area contributed by atoms with Gasteiger partial charge in [0.15, 0.2) is 9.84 Å². The number of rotatable bonds is 5. The number of ether oxygens (including phenoxy) is 1. The lowest BCUT2D eigenvalue weighted by atomic mass is 10.3. The number of amides is 1. The summed E-state index contributed by atoms with van der Waals surface area (Å²) in [4.78, 5) is 11.8. The Hall–Kier alpha value is -1.56. The monoisotopic (exact) mass is 271 g/mol. The van der Waals surface area contributed by atoms with E-state index in [4.69, 9.17) is 4.74 Å². The molecule has 0 saturated carbocycles. The maximum Gasteiger partial charge on any atom is 0.242 e. The number of nitrogens with one attached hydrogen (secondary N) is 1. The van der Waals surface area contributed by atoms with Crippen molar-refractivity contribution in [3.8, 4) is 5.75 Å². The molecule has 0 radical (unpaired) electrons. The Labute approximate surface area is 107 Å². The molecular formula is C12H17NO4S. The van der Waals surface area contributed by atoms with Gasteiger partial charge in [-0.1, -0.05) is 12.1 Å². The predicted octanol–water partition coefficient (Wildman–Crippen LogP) is 1.46. The molecule has 0 heterocycles. The van der Waals surface area contributed by atoms with E-state index in [1.165, 1.54) is 6.92 Å². The van der Waals surface area contributed by atoms with Crippen molar-refractivity contribution in [2.24, 2.45) is 0 Å². The summed E-state index contributed by atoms with van der Waals surface area (Å²) in [5.74, 6) is -0.0429. The second-order valence-corrected chi connectivity index (χ2v) is 6.26. The third kappa shape index (κ3) is 3.73. The molecule has 0 unspecified atom stereocenters. The van der Waals surface area contributed by atoms with Crippen molar-refractivity contribution in [1.82, 2.24) is 0 Å². The van der Waals surface area contributed by atoms with Gasteiger partial charge >= 0.3 is 0 Å². The topological polar surface area (TPSA) is 72.5 Å². The zero-order chi connectivity index (χ0) is 13.8. The SMILES string of the molecule is CCOc1ccccc1NC(=O)[C@@H](C)S(C)(=O)=O. The molecule has 0 aliphatic heterocycles. The highest BCUT2D eigenvalue weighted by molar-refractivity contribution is 7.92. The molecule has 5 nitrogen and oxygen atoms in total. The lowest BCUT2D eigenvalue weighted by Gasteiger charge is -2.13. The summed E-state index contributed by atoms with van der Waals surface area (Å²) < 4.78 is 27.9. The van der Waals surface area contributed by atoms with Gasteiger partial charge in [0.2, 0.25) is 5.91 Å². The second kappa shape index (κ2) is 5.86. The minimum absolute atomic E-state index is 0.467. The second-order valence-electron chi connectivity index (χ2n) is 3.89. The van der Waals surface area contributed by atoms with Crippen molar-refractivity contribution < 1.29 is 17.9 Å². The lowest BCUT2D eigenvalue weighted by molar-refractivity contribution is -0.115. The van der Waals surface area contributed by atoms with Crippen LogP contribution in [-0.4, -0.2) is 32.4 Å². The average Bonchev–Trinajstić information content (AvgIpc) is 2.29. The van der Waals surface area contributed by atoms with Crippen LogP contribution in [0.1, 0.15) is 13.8 Å². The fraction of sp³-hybridized carbons (Fsp3) is 0.417. The van der Waals surface area contributed by atoms with Crippen LogP contribution in [-0.2, 0) is 14.6 Å². The van der Waals surface area contributed by atoms with Crippen molar-refractivity contribution in [3.05, 3.63) is 24.3 Å². The first kappa shape index (κ1) is 14.5. The summed E-state index contributed by atoms with van der Waals surface area (Å²) in [6.45, 7) is 3.65. The van der Waals surface area contributed by atoms with Crippen LogP contribution in [0.5, 0.6) is 5.75 Å². The standard InChI is InChI=1S/C12H17NO4S/c1-4-17-11-8-6-5-7-10(11)13-12(14)9(2)18(3,15)16/h5-9H,4H2,1-3H3,(H,13,14)/t9-/m1/s1. The Balaban J connectivity index is 2.88. The number of carbonyl (C=O) groups is 1. The number of carbonyl (C=O) groups excluding carboxylic acids is 1. The highest BCUT2D eigenvalue weighted by atomic mass is 32.2. The Morgan fingerprint density at radius 3 is 2.56 bits per heavy atom. The molecule has 1 atom stereocenters. The maximum absolute atomic E-state index is 11.8. The Kier molecular flexibility index (Phi) is 4.72. The van der Waals surface area contributed by atoms with E-state index in [9.17, 15) is 13.2 Å². The molecule has 0 fully saturated rings. The van der Waals surface area contributed by atoms with E-state index in [1.807, 2.05) is 6.92 Å². The first-order valence-electron chi connectivity index (χ1n) is 5.57. The third-order valence-electron chi connectivity index (χ3n) is 2.46. The van der Waals surface area contributed by atoms with E-state index in [-0.39, 0.29) is 0 Å². The van der Waals surface area contributed by atoms with Gasteiger partial charge in [-0.3, -0.25) is 4.79 Å². The van der Waals surface area contributed by atoms with Gasteiger partial charge in [0, 0.05) is 6.26 Å². The molecule has 0 aromatic heterocycles. The molecule has 1 aromatic rings. The largest absolute Gasteiger partial charge is 0.492 e. The molecule has 1 amide bonds. The van der Waals surface area contributed by atoms with Crippen LogP contribution in [0.15, 0.2) is 24.3 Å². The molecule has 1 N–H and O–H groups in total. The van der Waals surface area contributed by atoms with Gasteiger partial charge in [-0.15, -0.1) is 0 Å². The van der Waals surface area contributed by atoms with Crippen molar-refractivity contribution in [2.75, 3.05) is 18.2 Å². The average molecular weight is 271 g/mol. The van der Waals surface area contributed by atoms with Crippen LogP contribution in [0, 0.1) is 0 Å². The molecule has 0 saturated heterocycles. The maximum atomic E-state index is 11.8. The number of benzene rings is 1. The number of sulfone groups is 1. The Bertz CT molecular complexity index is 525. The molecule has 0 spiro atoms. The minimum atomic E-state index is -3.40. The van der Waals surface area contributed by atoms with Crippen molar-refractivity contribution in [1.29, 1.82) is 0 Å². The van der Waals surface area contributed by atoms with E-state index in [0.29, 0.717) is 18.0 Å². The van der Waals surface area contributed by atoms with Crippen molar-refractivity contribution >= 4 is 21.4 Å². The van der Waals surface area contributed by atoms with E-state index in [2.05, 4.69) is 5.32 Å². The fourth-order valence-corrected chi connectivity index (χ4v) is 1.73. The van der Waals surface area contributed by atoms with Crippen LogP contribution < -0.4 is 10.1 Å². The lowest BCUT2D eigenvalue weighted by Crippen LogP contribution is -2.31. The zero-order valence-electron chi connectivity index (χ0n) is 10.6. The summed E-state index contributed by atoms with van der Waals surface area (Å²) in [5.41, 5.74) is 0.472. The third-order valence-corrected chi connectivity index (χ3v) is 3.95. The summed E-state index contributed by atoms with van der Waals surface area (Å²) in [6, 6.07) is 6.89. The summed E-state index contributed by atoms with van der Waals surface area (Å²) in [6.07, 6.45) is 1.03. The zero-order valence-corrected chi connectivity index (χ0v) is 11.5. The van der Waals surface area contributed by atoms with Crippen LogP contribution in [0.4, 0.5) is 5.69 Å². The summed E-state index contributed by atoms with van der Waals surface area (Å²) >= 11 is 0. The highest BCUT2D eigenvalue weighted by Crippen LogP contribution is 2.24. The van der Waals surface area contributed by atoms with Crippen LogP contribution in [0.2, 0.25) is 0 Å². The minimum Gasteiger partial charge on any atom is -0.492 e. The van der Waals surface area contributed by atoms with Gasteiger partial charge in [0.05, 0.1) is 12.3 Å². The van der Waals surface area contributed by atoms with Crippen LogP contribution >= 0.6 is 0 Å². The highest BCUT2D eigenvalue weighted by Gasteiger charge is 2.24. The van der Waals surface area contributed by atoms with Gasteiger partial charge in [-0.2, -0.15) is 0 Å². The predicted molar refractivity (Wildman–Crippen MR) is 70.5 cm³/mol. The fourth-order valence-electron chi connectivity index (χ4n) is 1.28. The molecule has 100 valence electrons. The first-order valence-corrected chi connectivity index (χ1v) is 7.53. The van der Waals surface area contributed by atoms with E-state index < -0.39 is 21.0 Å². The number of hydrogen-bond donors (Lipinski definition) is 1. The van der Waals surface area contributed by atoms with E-state index in [1.54, 1.807) is 24.3 Å². The van der Waals surface area contributed by atoms with Gasteiger partial charge in [0.1, 0.15) is 11.0 Å². The molecule has 0 aliphatic rings. The van der Waals surface area contributed by atoms with Gasteiger partial charge < -0.3 is 10.1 Å². The summed E-state index contributed by atoms with van der Waals surface area (Å²) in [5, 5.41) is 1.47. The van der Waals surface area contributed by atoms with Gasteiger partial charge in [-0.25, -0.2) is 8.42 Å². The number of hydrogen-bond acceptors (Lipinski definition) is 4. The van der Waals surface area contributed by atoms with Crippen molar-refractivity contribution in [3.63, 3.8) is 0 Å². The molecule has 1 aromatic carbocycles. The van der Waals surface area contributed by atoms with Crippen LogP contribution in [0.25, 0.3) is 0 Å². The van der Waals surface area contributed by atoms with E-state index in [0.717, 1.165) is 6.26 Å². The van der Waals surface area contributed by atoms with Gasteiger partial charge in [-0.05, 0) is 26.0 Å². The molecule has 0 bridgehead atoms. The normalized spacial score (nSPS) is 12.8. The number of anilines is 1. The van der Waals surface area contributed by atoms with Gasteiger partial charge in [0.25, 0.3) is 0 Å². The molecule has 18 heavy (non-hydrogen) atoms. The molecule has 6 heteroatoms. The Morgan fingerprint density at radius 2 is 2.00 bits per heavy atom. The van der Waals surface area contributed by atoms with Crippen LogP contribution in [0.3, 0.4) is 0 Å². The first-order chi connectivity index (χ1) is 8.36. The molecular weight excluding hydrogens is 254 g/mol. The summed E-state index contributed by atoms with van der Waals surface area (Å²) in [7, 11) is -3.40. The molecule has 0 aliphatic carbocycles. The molecule has 1 rings (SSSR count).